The van der Waals surface area contributed by atoms with Crippen LogP contribution < -0.4 is 0 Å². The molecule has 1 unspecified atom stereocenters. The van der Waals surface area contributed by atoms with Gasteiger partial charge in [0, 0.05) is 0 Å². The molecule has 0 bridgehead atoms. The van der Waals surface area contributed by atoms with Crippen LogP contribution in [0.2, 0.25) is 0 Å². The Morgan fingerprint density at radius 2 is 1.50 bits per heavy atom. The average Bonchev–Trinajstić information content (AvgIpc) is 2.64. The third kappa shape index (κ3) is 4.29. The third-order valence-electron chi connectivity index (χ3n) is 6.12. The molecule has 1 aromatic carbocycles. The van der Waals surface area contributed by atoms with Crippen LogP contribution in [-0.4, -0.2) is 0 Å². The highest BCUT2D eigenvalue weighted by molar-refractivity contribution is 5.66. The van der Waals surface area contributed by atoms with Crippen molar-refractivity contribution in [2.75, 3.05) is 0 Å². The quantitative estimate of drug-likeness (QED) is 0.482. The molecule has 0 heterocycles. The lowest BCUT2D eigenvalue weighted by molar-refractivity contribution is 0.328. The molecule has 0 radical (unpaired) electrons. The van der Waals surface area contributed by atoms with Crippen LogP contribution in [0.25, 0.3) is 5.57 Å². The van der Waals surface area contributed by atoms with Crippen molar-refractivity contribution in [3.63, 3.8) is 0 Å². The highest BCUT2D eigenvalue weighted by Crippen LogP contribution is 2.38. The van der Waals surface area contributed by atoms with E-state index >= 15 is 0 Å². The van der Waals surface area contributed by atoms with Crippen molar-refractivity contribution >= 4 is 5.57 Å². The Labute approximate surface area is 148 Å². The lowest BCUT2D eigenvalue weighted by atomic mass is 9.77. The first kappa shape index (κ1) is 17.3. The first-order valence-corrected chi connectivity index (χ1v) is 9.81. The fourth-order valence-electron chi connectivity index (χ4n) is 4.54. The van der Waals surface area contributed by atoms with E-state index in [4.69, 9.17) is 0 Å². The van der Waals surface area contributed by atoms with Crippen LogP contribution in [0.4, 0.5) is 0 Å². The fourth-order valence-corrected chi connectivity index (χ4v) is 4.54. The van der Waals surface area contributed by atoms with E-state index in [1.807, 2.05) is 0 Å². The molecule has 0 saturated heterocycles. The van der Waals surface area contributed by atoms with E-state index < -0.39 is 0 Å². The fraction of sp³-hybridized carbons (Fsp3) is 0.500. The van der Waals surface area contributed by atoms with Crippen LogP contribution in [0, 0.1) is 11.8 Å². The molecule has 0 heteroatoms. The van der Waals surface area contributed by atoms with Crippen LogP contribution in [-0.2, 0) is 0 Å². The normalized spacial score (nSPS) is 27.3. The second-order valence-corrected chi connectivity index (χ2v) is 7.76. The van der Waals surface area contributed by atoms with Crippen LogP contribution >= 0.6 is 0 Å². The number of allylic oxidation sites excluding steroid dienone is 4. The molecular weight excluding hydrogens is 288 g/mol. The second-order valence-electron chi connectivity index (χ2n) is 7.76. The zero-order valence-electron chi connectivity index (χ0n) is 15.1. The van der Waals surface area contributed by atoms with Crippen molar-refractivity contribution in [2.45, 2.75) is 63.7 Å². The Morgan fingerprint density at radius 3 is 2.08 bits per heavy atom. The standard InChI is InChI=1S/C24H32/c1-3-5-19-7-11-21(12-8-19)23-15-17-24(18-16-23)22-13-9-20(6-4-2)10-14-22/h3-4,11,15-20,22H,1-2,5-10,12-14H2/t19?,20-,22-. The highest BCUT2D eigenvalue weighted by atomic mass is 14.3. The minimum atomic E-state index is 0.775. The van der Waals surface area contributed by atoms with Gasteiger partial charge in [-0.3, -0.25) is 0 Å². The van der Waals surface area contributed by atoms with Crippen LogP contribution in [0.3, 0.4) is 0 Å². The van der Waals surface area contributed by atoms with E-state index in [0.717, 1.165) is 24.2 Å². The average molecular weight is 321 g/mol. The molecule has 1 aromatic rings. The topological polar surface area (TPSA) is 0 Å². The van der Waals surface area contributed by atoms with Gasteiger partial charge in [0.05, 0.1) is 0 Å². The maximum absolute atomic E-state index is 3.89. The first-order valence-electron chi connectivity index (χ1n) is 9.81. The Hall–Kier alpha value is -1.56. The Morgan fingerprint density at radius 1 is 0.833 bits per heavy atom. The van der Waals surface area contributed by atoms with Crippen LogP contribution in [0.1, 0.15) is 74.8 Å². The van der Waals surface area contributed by atoms with Gasteiger partial charge in [0.2, 0.25) is 0 Å². The molecule has 0 aromatic heterocycles. The molecule has 24 heavy (non-hydrogen) atoms. The molecule has 2 aliphatic rings. The molecule has 2 aliphatic carbocycles. The predicted molar refractivity (Wildman–Crippen MR) is 106 cm³/mol. The SMILES string of the molecule is C=CCC1CC=C(c2ccc([C@H]3CC[C@H](CC=C)CC3)cc2)CC1. The van der Waals surface area contributed by atoms with Gasteiger partial charge in [0.25, 0.3) is 0 Å². The molecule has 1 fully saturated rings. The van der Waals surface area contributed by atoms with Crippen molar-refractivity contribution in [3.8, 4) is 0 Å². The molecule has 3 rings (SSSR count). The minimum Gasteiger partial charge on any atom is -0.103 e. The molecule has 128 valence electrons. The van der Waals surface area contributed by atoms with Gasteiger partial charge in [0.15, 0.2) is 0 Å². The summed E-state index contributed by atoms with van der Waals surface area (Å²) in [5.41, 5.74) is 4.55. The van der Waals surface area contributed by atoms with Crippen molar-refractivity contribution in [1.82, 2.24) is 0 Å². The summed E-state index contributed by atoms with van der Waals surface area (Å²) in [5, 5.41) is 0. The van der Waals surface area contributed by atoms with E-state index in [-0.39, 0.29) is 0 Å². The molecule has 0 amide bonds. The van der Waals surface area contributed by atoms with Gasteiger partial charge in [-0.15, -0.1) is 13.2 Å². The second kappa shape index (κ2) is 8.51. The third-order valence-corrected chi connectivity index (χ3v) is 6.12. The Balaban J connectivity index is 1.58. The summed E-state index contributed by atoms with van der Waals surface area (Å²) in [6.45, 7) is 7.77. The number of hydrogen-bond acceptors (Lipinski definition) is 0. The summed E-state index contributed by atoms with van der Waals surface area (Å²) >= 11 is 0. The molecule has 0 nitrogen and oxygen atoms in total. The van der Waals surface area contributed by atoms with Gasteiger partial charge in [-0.05, 0) is 92.2 Å². The molecule has 0 spiro atoms. The monoisotopic (exact) mass is 320 g/mol. The molecule has 0 N–H and O–H groups in total. The Bertz CT molecular complexity index is 567. The van der Waals surface area contributed by atoms with E-state index in [1.54, 1.807) is 11.1 Å². The molecule has 1 saturated carbocycles. The summed E-state index contributed by atoms with van der Waals surface area (Å²) in [5.74, 6) is 2.47. The first-order chi connectivity index (χ1) is 11.8. The van der Waals surface area contributed by atoms with Crippen molar-refractivity contribution in [2.24, 2.45) is 11.8 Å². The zero-order valence-corrected chi connectivity index (χ0v) is 15.1. The van der Waals surface area contributed by atoms with Gasteiger partial charge in [-0.1, -0.05) is 42.5 Å². The van der Waals surface area contributed by atoms with Crippen molar-refractivity contribution < 1.29 is 0 Å². The van der Waals surface area contributed by atoms with Gasteiger partial charge >= 0.3 is 0 Å². The summed E-state index contributed by atoms with van der Waals surface area (Å²) in [6.07, 6.45) is 18.2. The number of hydrogen-bond donors (Lipinski definition) is 0. The summed E-state index contributed by atoms with van der Waals surface area (Å²) < 4.78 is 0. The van der Waals surface area contributed by atoms with E-state index in [1.165, 1.54) is 56.9 Å². The van der Waals surface area contributed by atoms with Gasteiger partial charge < -0.3 is 0 Å². The summed E-state index contributed by atoms with van der Waals surface area (Å²) in [6, 6.07) is 9.52. The molecule has 1 atom stereocenters. The minimum absolute atomic E-state index is 0.775. The largest absolute Gasteiger partial charge is 0.103 e. The lowest BCUT2D eigenvalue weighted by Gasteiger charge is -2.28. The van der Waals surface area contributed by atoms with Crippen molar-refractivity contribution in [1.29, 1.82) is 0 Å². The highest BCUT2D eigenvalue weighted by Gasteiger charge is 2.21. The predicted octanol–water partition coefficient (Wildman–Crippen LogP) is 7.30. The van der Waals surface area contributed by atoms with E-state index in [9.17, 15) is 0 Å². The summed E-state index contributed by atoms with van der Waals surface area (Å²) in [4.78, 5) is 0. The number of benzene rings is 1. The van der Waals surface area contributed by atoms with Gasteiger partial charge in [-0.25, -0.2) is 0 Å². The summed E-state index contributed by atoms with van der Waals surface area (Å²) in [7, 11) is 0. The van der Waals surface area contributed by atoms with Crippen LogP contribution in [0.5, 0.6) is 0 Å². The maximum Gasteiger partial charge on any atom is -0.0162 e. The maximum atomic E-state index is 3.89. The number of rotatable bonds is 6. The molecule has 0 aliphatic heterocycles. The van der Waals surface area contributed by atoms with E-state index in [2.05, 4.69) is 55.7 Å². The van der Waals surface area contributed by atoms with Crippen molar-refractivity contribution in [3.05, 3.63) is 66.8 Å². The smallest absolute Gasteiger partial charge is 0.0162 e. The van der Waals surface area contributed by atoms with Crippen LogP contribution in [0.15, 0.2) is 55.7 Å². The van der Waals surface area contributed by atoms with Gasteiger partial charge in [-0.2, -0.15) is 0 Å². The van der Waals surface area contributed by atoms with Gasteiger partial charge in [0.1, 0.15) is 0 Å². The lowest BCUT2D eigenvalue weighted by Crippen LogP contribution is -2.12. The Kier molecular flexibility index (Phi) is 6.12. The van der Waals surface area contributed by atoms with E-state index in [0.29, 0.717) is 0 Å². The zero-order chi connectivity index (χ0) is 16.8. The molecular formula is C24H32.